The van der Waals surface area contributed by atoms with E-state index in [9.17, 15) is 4.79 Å². The minimum atomic E-state index is -0.140. The van der Waals surface area contributed by atoms with Crippen LogP contribution in [0.4, 0.5) is 0 Å². The average molecular weight is 222 g/mol. The van der Waals surface area contributed by atoms with Crippen molar-refractivity contribution in [3.8, 4) is 0 Å². The largest absolute Gasteiger partial charge is 0.390 e. The van der Waals surface area contributed by atoms with E-state index in [4.69, 9.17) is 9.84 Å². The summed E-state index contributed by atoms with van der Waals surface area (Å²) in [6.45, 7) is 1.53. The van der Waals surface area contributed by atoms with Crippen molar-refractivity contribution in [3.63, 3.8) is 0 Å². The van der Waals surface area contributed by atoms with Crippen LogP contribution in [-0.2, 0) is 17.9 Å². The highest BCUT2D eigenvalue weighted by Gasteiger charge is 2.28. The first-order chi connectivity index (χ1) is 7.76. The van der Waals surface area contributed by atoms with E-state index in [2.05, 4.69) is 4.98 Å². The van der Waals surface area contributed by atoms with Crippen LogP contribution in [0.2, 0.25) is 0 Å². The number of carbonyl (C=O) groups is 1. The third kappa shape index (κ3) is 1.91. The quantitative estimate of drug-likeness (QED) is 0.789. The molecule has 0 fully saturated rings. The molecule has 1 aliphatic heterocycles. The van der Waals surface area contributed by atoms with Crippen LogP contribution in [0.1, 0.15) is 21.7 Å². The second-order valence-electron chi connectivity index (χ2n) is 3.69. The van der Waals surface area contributed by atoms with Gasteiger partial charge in [-0.2, -0.15) is 0 Å². The summed E-state index contributed by atoms with van der Waals surface area (Å²) < 4.78 is 4.94. The van der Waals surface area contributed by atoms with Gasteiger partial charge in [0.15, 0.2) is 0 Å². The first kappa shape index (κ1) is 11.0. The Morgan fingerprint density at radius 3 is 3.06 bits per heavy atom. The van der Waals surface area contributed by atoms with E-state index in [0.29, 0.717) is 31.1 Å². The van der Waals surface area contributed by atoms with Crippen molar-refractivity contribution in [3.05, 3.63) is 29.1 Å². The number of aliphatic hydroxyl groups is 1. The van der Waals surface area contributed by atoms with Crippen LogP contribution < -0.4 is 0 Å². The molecule has 2 heterocycles. The van der Waals surface area contributed by atoms with E-state index in [1.165, 1.54) is 0 Å². The zero-order valence-electron chi connectivity index (χ0n) is 9.14. The molecule has 0 radical (unpaired) electrons. The van der Waals surface area contributed by atoms with Crippen LogP contribution in [0.5, 0.6) is 0 Å². The molecule has 0 aliphatic carbocycles. The molecule has 5 nitrogen and oxygen atoms in total. The minimum absolute atomic E-state index is 0.0812. The number of ether oxygens (including phenoxy) is 1. The van der Waals surface area contributed by atoms with Crippen molar-refractivity contribution < 1.29 is 14.6 Å². The normalized spacial score (nSPS) is 14.4. The monoisotopic (exact) mass is 222 g/mol. The second kappa shape index (κ2) is 4.59. The summed E-state index contributed by atoms with van der Waals surface area (Å²) in [4.78, 5) is 17.7. The fourth-order valence-corrected chi connectivity index (χ4v) is 1.74. The van der Waals surface area contributed by atoms with Gasteiger partial charge in [0.2, 0.25) is 0 Å². The van der Waals surface area contributed by atoms with Crippen molar-refractivity contribution in [1.82, 2.24) is 9.88 Å². The van der Waals surface area contributed by atoms with E-state index < -0.39 is 0 Å². The lowest BCUT2D eigenvalue weighted by molar-refractivity contribution is 0.0715. The smallest absolute Gasteiger partial charge is 0.273 e. The van der Waals surface area contributed by atoms with Crippen LogP contribution in [0.3, 0.4) is 0 Å². The number of hydrogen-bond donors (Lipinski definition) is 1. The van der Waals surface area contributed by atoms with E-state index in [1.807, 2.05) is 6.07 Å². The summed E-state index contributed by atoms with van der Waals surface area (Å²) in [5, 5.41) is 8.96. The van der Waals surface area contributed by atoms with Gasteiger partial charge in [-0.25, -0.2) is 4.98 Å². The number of methoxy groups -OCH3 is 1. The Morgan fingerprint density at radius 1 is 1.56 bits per heavy atom. The first-order valence-corrected chi connectivity index (χ1v) is 5.14. The molecule has 16 heavy (non-hydrogen) atoms. The van der Waals surface area contributed by atoms with Crippen LogP contribution in [0.25, 0.3) is 0 Å². The Kier molecular flexibility index (Phi) is 3.17. The molecular weight excluding hydrogens is 208 g/mol. The maximum atomic E-state index is 11.9. The average Bonchev–Trinajstić information content (AvgIpc) is 2.63. The molecule has 1 amide bonds. The van der Waals surface area contributed by atoms with Crippen molar-refractivity contribution in [2.24, 2.45) is 0 Å². The van der Waals surface area contributed by atoms with Crippen LogP contribution >= 0.6 is 0 Å². The molecule has 0 unspecified atom stereocenters. The molecule has 1 aromatic rings. The Hall–Kier alpha value is -1.46. The number of amides is 1. The number of rotatable bonds is 4. The Balaban J connectivity index is 2.18. The van der Waals surface area contributed by atoms with E-state index in [-0.39, 0.29) is 12.5 Å². The van der Waals surface area contributed by atoms with Crippen molar-refractivity contribution in [2.45, 2.75) is 13.2 Å². The molecule has 0 spiro atoms. The lowest BCUT2D eigenvalue weighted by atomic mass is 10.2. The lowest BCUT2D eigenvalue weighted by Gasteiger charge is -2.13. The molecule has 2 rings (SSSR count). The van der Waals surface area contributed by atoms with Gasteiger partial charge >= 0.3 is 0 Å². The molecule has 0 aromatic carbocycles. The first-order valence-electron chi connectivity index (χ1n) is 5.14. The zero-order valence-corrected chi connectivity index (χ0v) is 9.14. The molecule has 0 saturated heterocycles. The van der Waals surface area contributed by atoms with Gasteiger partial charge in [0.1, 0.15) is 5.69 Å². The Morgan fingerprint density at radius 2 is 2.38 bits per heavy atom. The maximum absolute atomic E-state index is 11.9. The summed E-state index contributed by atoms with van der Waals surface area (Å²) in [6, 6.07) is 3.59. The summed E-state index contributed by atoms with van der Waals surface area (Å²) in [7, 11) is 1.61. The number of carbonyl (C=O) groups excluding carboxylic acids is 1. The number of fused-ring (bicyclic) bond motifs is 1. The van der Waals surface area contributed by atoms with E-state index in [1.54, 1.807) is 18.1 Å². The molecule has 1 N–H and O–H groups in total. The van der Waals surface area contributed by atoms with Crippen molar-refractivity contribution >= 4 is 5.91 Å². The number of aromatic nitrogens is 1. The van der Waals surface area contributed by atoms with Gasteiger partial charge < -0.3 is 14.7 Å². The molecule has 86 valence electrons. The molecular formula is C11H14N2O3. The van der Waals surface area contributed by atoms with Crippen LogP contribution in [-0.4, -0.2) is 41.2 Å². The van der Waals surface area contributed by atoms with E-state index >= 15 is 0 Å². The predicted octanol–water partition coefficient (Wildman–Crippen LogP) is 0.176. The highest BCUT2D eigenvalue weighted by atomic mass is 16.5. The third-order valence-corrected chi connectivity index (χ3v) is 2.61. The SMILES string of the molecule is COCCN1Cc2ccc(CO)nc2C1=O. The Bertz CT molecular complexity index is 406. The van der Waals surface area contributed by atoms with Gasteiger partial charge in [0.25, 0.3) is 5.91 Å². The van der Waals surface area contributed by atoms with Gasteiger partial charge in [-0.1, -0.05) is 6.07 Å². The van der Waals surface area contributed by atoms with Crippen molar-refractivity contribution in [2.75, 3.05) is 20.3 Å². The highest BCUT2D eigenvalue weighted by molar-refractivity contribution is 5.96. The second-order valence-corrected chi connectivity index (χ2v) is 3.69. The summed E-state index contributed by atoms with van der Waals surface area (Å²) in [6.07, 6.45) is 0. The number of aliphatic hydroxyl groups excluding tert-OH is 1. The number of pyridine rings is 1. The topological polar surface area (TPSA) is 62.7 Å². The van der Waals surface area contributed by atoms with Crippen LogP contribution in [0, 0.1) is 0 Å². The minimum Gasteiger partial charge on any atom is -0.390 e. The molecule has 0 atom stereocenters. The predicted molar refractivity (Wildman–Crippen MR) is 56.8 cm³/mol. The fraction of sp³-hybridized carbons (Fsp3) is 0.455. The summed E-state index contributed by atoms with van der Waals surface area (Å²) in [5.41, 5.74) is 1.90. The lowest BCUT2D eigenvalue weighted by Crippen LogP contribution is -2.27. The zero-order chi connectivity index (χ0) is 11.5. The van der Waals surface area contributed by atoms with Crippen molar-refractivity contribution in [1.29, 1.82) is 0 Å². The summed E-state index contributed by atoms with van der Waals surface area (Å²) in [5.74, 6) is -0.0812. The van der Waals surface area contributed by atoms with Gasteiger partial charge in [0.05, 0.1) is 18.9 Å². The molecule has 0 saturated carbocycles. The summed E-state index contributed by atoms with van der Waals surface area (Å²) >= 11 is 0. The Labute approximate surface area is 93.7 Å². The van der Waals surface area contributed by atoms with Gasteiger partial charge in [-0.15, -0.1) is 0 Å². The van der Waals surface area contributed by atoms with Gasteiger partial charge in [-0.05, 0) is 6.07 Å². The fourth-order valence-electron chi connectivity index (χ4n) is 1.74. The third-order valence-electron chi connectivity index (χ3n) is 2.61. The maximum Gasteiger partial charge on any atom is 0.273 e. The van der Waals surface area contributed by atoms with E-state index in [0.717, 1.165) is 5.56 Å². The van der Waals surface area contributed by atoms with Crippen LogP contribution in [0.15, 0.2) is 12.1 Å². The highest BCUT2D eigenvalue weighted by Crippen LogP contribution is 2.20. The van der Waals surface area contributed by atoms with Gasteiger partial charge in [-0.3, -0.25) is 4.79 Å². The standard InChI is InChI=1S/C11H14N2O3/c1-16-5-4-13-6-8-2-3-9(7-14)12-10(8)11(13)15/h2-3,14H,4-7H2,1H3. The molecule has 1 aliphatic rings. The number of hydrogen-bond acceptors (Lipinski definition) is 4. The molecule has 0 bridgehead atoms. The van der Waals surface area contributed by atoms with Gasteiger partial charge in [0, 0.05) is 25.8 Å². The molecule has 5 heteroatoms. The number of nitrogens with zero attached hydrogens (tertiary/aromatic N) is 2. The molecule has 1 aromatic heterocycles.